The van der Waals surface area contributed by atoms with Crippen molar-refractivity contribution in [2.45, 2.75) is 31.8 Å². The molecule has 0 spiro atoms. The number of urea groups is 1. The van der Waals surface area contributed by atoms with E-state index in [0.717, 1.165) is 18.5 Å². The van der Waals surface area contributed by atoms with Crippen LogP contribution in [0.25, 0.3) is 0 Å². The molecule has 6 heteroatoms. The molecule has 1 aromatic rings. The summed E-state index contributed by atoms with van der Waals surface area (Å²) in [4.78, 5) is 28.1. The van der Waals surface area contributed by atoms with Crippen molar-refractivity contribution in [2.24, 2.45) is 0 Å². The van der Waals surface area contributed by atoms with Gasteiger partial charge in [-0.05, 0) is 39.5 Å². The van der Waals surface area contributed by atoms with Crippen molar-refractivity contribution in [1.29, 1.82) is 0 Å². The number of carbonyl (C=O) groups is 2. The van der Waals surface area contributed by atoms with Crippen molar-refractivity contribution >= 4 is 11.9 Å². The molecule has 0 radical (unpaired) electrons. The lowest BCUT2D eigenvalue weighted by Crippen LogP contribution is -2.44. The molecule has 132 valence electrons. The van der Waals surface area contributed by atoms with E-state index in [9.17, 15) is 9.59 Å². The second kappa shape index (κ2) is 8.68. The van der Waals surface area contributed by atoms with Gasteiger partial charge in [0.05, 0.1) is 12.1 Å². The van der Waals surface area contributed by atoms with Gasteiger partial charge in [-0.2, -0.15) is 0 Å². The minimum absolute atomic E-state index is 0.0219. The fraction of sp³-hybridized carbons (Fsp3) is 0.556. The molecular formula is C18H28N4O2. The maximum absolute atomic E-state index is 12.3. The topological polar surface area (TPSA) is 64.7 Å². The fourth-order valence-corrected chi connectivity index (χ4v) is 2.95. The Morgan fingerprint density at radius 1 is 1.33 bits per heavy atom. The monoisotopic (exact) mass is 332 g/mol. The van der Waals surface area contributed by atoms with Gasteiger partial charge in [-0.3, -0.25) is 4.79 Å². The highest BCUT2D eigenvalue weighted by Gasteiger charge is 2.33. The maximum atomic E-state index is 12.3. The second-order valence-electron chi connectivity index (χ2n) is 6.59. The van der Waals surface area contributed by atoms with E-state index in [0.29, 0.717) is 19.5 Å². The number of hydrogen-bond donors (Lipinski definition) is 2. The van der Waals surface area contributed by atoms with Crippen LogP contribution in [-0.4, -0.2) is 61.5 Å². The van der Waals surface area contributed by atoms with E-state index in [1.165, 1.54) is 0 Å². The molecular weight excluding hydrogens is 304 g/mol. The minimum Gasteiger partial charge on any atom is -0.338 e. The number of benzene rings is 1. The summed E-state index contributed by atoms with van der Waals surface area (Å²) < 4.78 is 0. The van der Waals surface area contributed by atoms with Gasteiger partial charge in [-0.25, -0.2) is 4.79 Å². The summed E-state index contributed by atoms with van der Waals surface area (Å²) in [6, 6.07) is 9.67. The Hall–Kier alpha value is -2.08. The predicted molar refractivity (Wildman–Crippen MR) is 94.7 cm³/mol. The van der Waals surface area contributed by atoms with E-state index in [4.69, 9.17) is 0 Å². The molecule has 1 aromatic carbocycles. The lowest BCUT2D eigenvalue weighted by molar-refractivity contribution is -0.129. The zero-order chi connectivity index (χ0) is 17.5. The van der Waals surface area contributed by atoms with Gasteiger partial charge >= 0.3 is 6.03 Å². The number of rotatable bonds is 7. The van der Waals surface area contributed by atoms with Gasteiger partial charge in [0.25, 0.3) is 0 Å². The van der Waals surface area contributed by atoms with Gasteiger partial charge in [0, 0.05) is 19.5 Å². The first-order chi connectivity index (χ1) is 11.5. The van der Waals surface area contributed by atoms with Crippen LogP contribution < -0.4 is 10.6 Å². The highest BCUT2D eigenvalue weighted by Crippen LogP contribution is 2.25. The van der Waals surface area contributed by atoms with Gasteiger partial charge in [-0.15, -0.1) is 0 Å². The Kier molecular flexibility index (Phi) is 6.61. The van der Waals surface area contributed by atoms with Crippen molar-refractivity contribution in [3.63, 3.8) is 0 Å². The van der Waals surface area contributed by atoms with Crippen LogP contribution in [0.4, 0.5) is 4.79 Å². The summed E-state index contributed by atoms with van der Waals surface area (Å²) >= 11 is 0. The van der Waals surface area contributed by atoms with Crippen LogP contribution in [-0.2, 0) is 4.79 Å². The largest absolute Gasteiger partial charge is 0.338 e. The molecule has 1 heterocycles. The Balaban J connectivity index is 1.78. The van der Waals surface area contributed by atoms with Crippen molar-refractivity contribution in [1.82, 2.24) is 20.4 Å². The Labute approximate surface area is 144 Å². The van der Waals surface area contributed by atoms with E-state index in [1.54, 1.807) is 0 Å². The number of nitrogens with one attached hydrogen (secondary N) is 2. The van der Waals surface area contributed by atoms with Gasteiger partial charge in [0.1, 0.15) is 0 Å². The van der Waals surface area contributed by atoms with Crippen molar-refractivity contribution in [3.05, 3.63) is 35.9 Å². The predicted octanol–water partition coefficient (Wildman–Crippen LogP) is 1.60. The molecule has 24 heavy (non-hydrogen) atoms. The third-order valence-electron chi connectivity index (χ3n) is 4.31. The Morgan fingerprint density at radius 3 is 2.71 bits per heavy atom. The average Bonchev–Trinajstić information content (AvgIpc) is 2.92. The van der Waals surface area contributed by atoms with Gasteiger partial charge < -0.3 is 20.4 Å². The number of hydrogen-bond acceptors (Lipinski definition) is 3. The molecule has 3 amide bonds. The average molecular weight is 332 g/mol. The van der Waals surface area contributed by atoms with Crippen molar-refractivity contribution in [2.75, 3.05) is 33.7 Å². The van der Waals surface area contributed by atoms with Crippen LogP contribution in [0.1, 0.15) is 31.4 Å². The zero-order valence-corrected chi connectivity index (χ0v) is 14.8. The molecule has 1 aliphatic rings. The van der Waals surface area contributed by atoms with Crippen LogP contribution in [0.5, 0.6) is 0 Å². The SMILES string of the molecule is CC(c1ccccc1)N1CC(NC(=O)NCCCN(C)C)CC1=O. The number of nitrogens with zero attached hydrogens (tertiary/aromatic N) is 2. The van der Waals surface area contributed by atoms with E-state index in [-0.39, 0.29) is 24.0 Å². The molecule has 1 saturated heterocycles. The molecule has 2 unspecified atom stereocenters. The Bertz CT molecular complexity index is 547. The highest BCUT2D eigenvalue weighted by molar-refractivity contribution is 5.82. The Morgan fingerprint density at radius 2 is 2.04 bits per heavy atom. The minimum atomic E-state index is -0.194. The number of amides is 3. The summed E-state index contributed by atoms with van der Waals surface area (Å²) in [5, 5.41) is 5.76. The molecule has 1 fully saturated rings. The molecule has 0 bridgehead atoms. The second-order valence-corrected chi connectivity index (χ2v) is 6.59. The van der Waals surface area contributed by atoms with Gasteiger partial charge in [-0.1, -0.05) is 30.3 Å². The van der Waals surface area contributed by atoms with Crippen LogP contribution in [0.2, 0.25) is 0 Å². The van der Waals surface area contributed by atoms with Crippen LogP contribution in [0.3, 0.4) is 0 Å². The van der Waals surface area contributed by atoms with Gasteiger partial charge in [0.2, 0.25) is 5.91 Å². The van der Waals surface area contributed by atoms with E-state index in [1.807, 2.05) is 56.3 Å². The molecule has 2 atom stereocenters. The summed E-state index contributed by atoms with van der Waals surface area (Å²) in [5.41, 5.74) is 1.11. The maximum Gasteiger partial charge on any atom is 0.315 e. The summed E-state index contributed by atoms with van der Waals surface area (Å²) in [5.74, 6) is 0.0873. The number of carbonyl (C=O) groups excluding carboxylic acids is 2. The van der Waals surface area contributed by atoms with Crippen LogP contribution in [0.15, 0.2) is 30.3 Å². The van der Waals surface area contributed by atoms with Crippen molar-refractivity contribution in [3.8, 4) is 0 Å². The van der Waals surface area contributed by atoms with Crippen LogP contribution in [0, 0.1) is 0 Å². The third-order valence-corrected chi connectivity index (χ3v) is 4.31. The van der Waals surface area contributed by atoms with Crippen LogP contribution >= 0.6 is 0 Å². The first kappa shape index (κ1) is 18.3. The standard InChI is InChI=1S/C18H28N4O2/c1-14(15-8-5-4-6-9-15)22-13-16(12-17(22)23)20-18(24)19-10-7-11-21(2)3/h4-6,8-9,14,16H,7,10-13H2,1-3H3,(H2,19,20,24). The molecule has 2 N–H and O–H groups in total. The normalized spacial score (nSPS) is 18.8. The van der Waals surface area contributed by atoms with Crippen molar-refractivity contribution < 1.29 is 9.59 Å². The summed E-state index contributed by atoms with van der Waals surface area (Å²) in [7, 11) is 4.01. The lowest BCUT2D eigenvalue weighted by Gasteiger charge is -2.25. The molecule has 1 aliphatic heterocycles. The molecule has 2 rings (SSSR count). The van der Waals surface area contributed by atoms with E-state index >= 15 is 0 Å². The third kappa shape index (κ3) is 5.23. The summed E-state index contributed by atoms with van der Waals surface area (Å²) in [6.45, 7) is 4.15. The van der Waals surface area contributed by atoms with Gasteiger partial charge in [0.15, 0.2) is 0 Å². The highest BCUT2D eigenvalue weighted by atomic mass is 16.2. The summed E-state index contributed by atoms with van der Waals surface area (Å²) in [6.07, 6.45) is 1.27. The molecule has 0 aliphatic carbocycles. The first-order valence-corrected chi connectivity index (χ1v) is 8.51. The smallest absolute Gasteiger partial charge is 0.315 e. The zero-order valence-electron chi connectivity index (χ0n) is 14.8. The molecule has 6 nitrogen and oxygen atoms in total. The fourth-order valence-electron chi connectivity index (χ4n) is 2.95. The first-order valence-electron chi connectivity index (χ1n) is 8.51. The van der Waals surface area contributed by atoms with E-state index < -0.39 is 0 Å². The quantitative estimate of drug-likeness (QED) is 0.746. The lowest BCUT2D eigenvalue weighted by atomic mass is 10.1. The van der Waals surface area contributed by atoms with E-state index in [2.05, 4.69) is 15.5 Å². The molecule has 0 aromatic heterocycles. The number of likely N-dealkylation sites (tertiary alicyclic amines) is 1. The molecule has 0 saturated carbocycles.